The van der Waals surface area contributed by atoms with Crippen molar-refractivity contribution in [1.29, 1.82) is 0 Å². The number of nitrogen functional groups attached to an aromatic ring is 1. The van der Waals surface area contributed by atoms with Crippen LogP contribution in [0.15, 0.2) is 34.8 Å². The Labute approximate surface area is 130 Å². The number of nitrogens with zero attached hydrogens (tertiary/aromatic N) is 2. The molecule has 4 nitrogen and oxygen atoms in total. The highest BCUT2D eigenvalue weighted by atomic mass is 79.9. The number of carbonyl (C=O) groups is 1. The molecule has 0 radical (unpaired) electrons. The predicted octanol–water partition coefficient (Wildman–Crippen LogP) is 3.15. The summed E-state index contributed by atoms with van der Waals surface area (Å²) in [5.74, 6) is -0.807. The minimum Gasteiger partial charge on any atom is -0.396 e. The smallest absolute Gasteiger partial charge is 0.255 e. The van der Waals surface area contributed by atoms with Crippen LogP contribution in [0.5, 0.6) is 0 Å². The standard InChI is InChI=1S/C15H15BrFN3O/c1-9-4-3-5-10(19-9)8-20(2)15(21)11-6-14(18)13(17)7-12(11)16/h3-7H,8,18H2,1-2H3. The van der Waals surface area contributed by atoms with Crippen LogP contribution in [-0.2, 0) is 6.54 Å². The van der Waals surface area contributed by atoms with Crippen molar-refractivity contribution >= 4 is 27.5 Å². The number of hydrogen-bond donors (Lipinski definition) is 1. The zero-order chi connectivity index (χ0) is 15.6. The molecule has 1 aromatic heterocycles. The van der Waals surface area contributed by atoms with Crippen LogP contribution in [0, 0.1) is 12.7 Å². The number of aromatic nitrogens is 1. The molecule has 21 heavy (non-hydrogen) atoms. The number of rotatable bonds is 3. The van der Waals surface area contributed by atoms with Crippen molar-refractivity contribution < 1.29 is 9.18 Å². The third kappa shape index (κ3) is 3.58. The molecule has 1 heterocycles. The molecule has 0 atom stereocenters. The van der Waals surface area contributed by atoms with Gasteiger partial charge in [-0.1, -0.05) is 6.07 Å². The lowest BCUT2D eigenvalue weighted by Crippen LogP contribution is -2.27. The highest BCUT2D eigenvalue weighted by molar-refractivity contribution is 9.10. The zero-order valence-corrected chi connectivity index (χ0v) is 13.3. The average molecular weight is 352 g/mol. The van der Waals surface area contributed by atoms with Crippen molar-refractivity contribution in [3.8, 4) is 0 Å². The van der Waals surface area contributed by atoms with Gasteiger partial charge in [0, 0.05) is 17.2 Å². The van der Waals surface area contributed by atoms with Crippen LogP contribution < -0.4 is 5.73 Å². The Morgan fingerprint density at radius 3 is 2.81 bits per heavy atom. The van der Waals surface area contributed by atoms with Gasteiger partial charge in [0.25, 0.3) is 5.91 Å². The maximum absolute atomic E-state index is 13.3. The van der Waals surface area contributed by atoms with Crippen LogP contribution in [0.4, 0.5) is 10.1 Å². The van der Waals surface area contributed by atoms with E-state index in [0.717, 1.165) is 11.4 Å². The number of pyridine rings is 1. The van der Waals surface area contributed by atoms with Crippen LogP contribution >= 0.6 is 15.9 Å². The molecule has 0 spiro atoms. The monoisotopic (exact) mass is 351 g/mol. The second-order valence-corrected chi connectivity index (χ2v) is 5.64. The summed E-state index contributed by atoms with van der Waals surface area (Å²) in [6.45, 7) is 2.26. The summed E-state index contributed by atoms with van der Waals surface area (Å²) in [5, 5.41) is 0. The van der Waals surface area contributed by atoms with E-state index < -0.39 is 5.82 Å². The third-order valence-corrected chi connectivity index (χ3v) is 3.66. The molecule has 0 fully saturated rings. The van der Waals surface area contributed by atoms with Crippen LogP contribution in [0.25, 0.3) is 0 Å². The molecule has 110 valence electrons. The summed E-state index contributed by atoms with van der Waals surface area (Å²) in [5.41, 5.74) is 7.47. The lowest BCUT2D eigenvalue weighted by molar-refractivity contribution is 0.0782. The van der Waals surface area contributed by atoms with Gasteiger partial charge in [-0.05, 0) is 47.1 Å². The second kappa shape index (κ2) is 6.22. The Kier molecular flexibility index (Phi) is 4.57. The third-order valence-electron chi connectivity index (χ3n) is 3.01. The topological polar surface area (TPSA) is 59.2 Å². The van der Waals surface area contributed by atoms with Crippen molar-refractivity contribution in [3.63, 3.8) is 0 Å². The molecule has 0 unspecified atom stereocenters. The number of benzene rings is 1. The first kappa shape index (κ1) is 15.4. The fraction of sp³-hybridized carbons (Fsp3) is 0.200. The SMILES string of the molecule is Cc1cccc(CN(C)C(=O)c2cc(N)c(F)cc2Br)n1. The molecule has 6 heteroatoms. The molecule has 0 saturated heterocycles. The van der Waals surface area contributed by atoms with E-state index in [1.54, 1.807) is 7.05 Å². The van der Waals surface area contributed by atoms with E-state index in [-0.39, 0.29) is 11.6 Å². The molecule has 0 aliphatic rings. The van der Waals surface area contributed by atoms with Crippen molar-refractivity contribution in [2.75, 3.05) is 12.8 Å². The van der Waals surface area contributed by atoms with Gasteiger partial charge in [-0.2, -0.15) is 0 Å². The Balaban J connectivity index is 2.22. The number of aryl methyl sites for hydroxylation is 1. The van der Waals surface area contributed by atoms with Crippen molar-refractivity contribution in [2.24, 2.45) is 0 Å². The fourth-order valence-corrected chi connectivity index (χ4v) is 2.42. The van der Waals surface area contributed by atoms with Crippen molar-refractivity contribution in [3.05, 3.63) is 57.6 Å². The van der Waals surface area contributed by atoms with E-state index in [9.17, 15) is 9.18 Å². The summed E-state index contributed by atoms with van der Waals surface area (Å²) in [6.07, 6.45) is 0. The van der Waals surface area contributed by atoms with Crippen molar-refractivity contribution in [1.82, 2.24) is 9.88 Å². The van der Waals surface area contributed by atoms with Crippen molar-refractivity contribution in [2.45, 2.75) is 13.5 Å². The van der Waals surface area contributed by atoms with Crippen LogP contribution in [-0.4, -0.2) is 22.8 Å². The number of anilines is 1. The average Bonchev–Trinajstić information content (AvgIpc) is 2.42. The zero-order valence-electron chi connectivity index (χ0n) is 11.7. The second-order valence-electron chi connectivity index (χ2n) is 4.79. The summed E-state index contributed by atoms with van der Waals surface area (Å²) in [7, 11) is 1.67. The number of halogens is 2. The summed E-state index contributed by atoms with van der Waals surface area (Å²) in [4.78, 5) is 18.3. The van der Waals surface area contributed by atoms with Gasteiger partial charge < -0.3 is 10.6 Å². The summed E-state index contributed by atoms with van der Waals surface area (Å²) in [6, 6.07) is 8.17. The van der Waals surface area contributed by atoms with Crippen LogP contribution in [0.1, 0.15) is 21.7 Å². The van der Waals surface area contributed by atoms with Crippen LogP contribution in [0.3, 0.4) is 0 Å². The molecule has 0 aliphatic carbocycles. The Morgan fingerprint density at radius 1 is 1.43 bits per heavy atom. The normalized spacial score (nSPS) is 10.5. The van der Waals surface area contributed by atoms with Crippen LogP contribution in [0.2, 0.25) is 0 Å². The minimum absolute atomic E-state index is 0.0522. The van der Waals surface area contributed by atoms with Gasteiger partial charge in [0.15, 0.2) is 0 Å². The minimum atomic E-state index is -0.554. The molecule has 0 saturated carbocycles. The van der Waals surface area contributed by atoms with E-state index >= 15 is 0 Å². The predicted molar refractivity (Wildman–Crippen MR) is 83.3 cm³/mol. The Bertz CT molecular complexity index is 691. The summed E-state index contributed by atoms with van der Waals surface area (Å²) >= 11 is 3.19. The van der Waals surface area contributed by atoms with E-state index in [1.165, 1.54) is 17.0 Å². The molecule has 2 N–H and O–H groups in total. The Hall–Kier alpha value is -1.95. The van der Waals surface area contributed by atoms with Gasteiger partial charge in [-0.25, -0.2) is 4.39 Å². The van der Waals surface area contributed by atoms with Gasteiger partial charge in [-0.15, -0.1) is 0 Å². The maximum Gasteiger partial charge on any atom is 0.255 e. The number of carbonyl (C=O) groups excluding carboxylic acids is 1. The molecule has 1 amide bonds. The quantitative estimate of drug-likeness (QED) is 0.864. The maximum atomic E-state index is 13.3. The molecule has 2 aromatic rings. The molecule has 0 aliphatic heterocycles. The van der Waals surface area contributed by atoms with Gasteiger partial charge in [0.05, 0.1) is 23.5 Å². The molecule has 1 aromatic carbocycles. The lowest BCUT2D eigenvalue weighted by atomic mass is 10.1. The molecular formula is C15H15BrFN3O. The number of nitrogens with two attached hydrogens (primary N) is 1. The van der Waals surface area contributed by atoms with E-state index in [1.807, 2.05) is 25.1 Å². The summed E-state index contributed by atoms with van der Waals surface area (Å²) < 4.78 is 13.7. The first-order chi connectivity index (χ1) is 9.88. The number of hydrogen-bond acceptors (Lipinski definition) is 3. The van der Waals surface area contributed by atoms with E-state index in [2.05, 4.69) is 20.9 Å². The highest BCUT2D eigenvalue weighted by Gasteiger charge is 2.17. The lowest BCUT2D eigenvalue weighted by Gasteiger charge is -2.18. The first-order valence-electron chi connectivity index (χ1n) is 6.31. The van der Waals surface area contributed by atoms with E-state index in [4.69, 9.17) is 5.73 Å². The van der Waals surface area contributed by atoms with E-state index in [0.29, 0.717) is 16.6 Å². The first-order valence-corrected chi connectivity index (χ1v) is 7.10. The van der Waals surface area contributed by atoms with Gasteiger partial charge in [0.1, 0.15) is 5.82 Å². The Morgan fingerprint density at radius 2 is 2.14 bits per heavy atom. The van der Waals surface area contributed by atoms with Gasteiger partial charge in [0.2, 0.25) is 0 Å². The molecular weight excluding hydrogens is 337 g/mol. The number of amides is 1. The highest BCUT2D eigenvalue weighted by Crippen LogP contribution is 2.24. The largest absolute Gasteiger partial charge is 0.396 e. The van der Waals surface area contributed by atoms with Gasteiger partial charge >= 0.3 is 0 Å². The molecule has 2 rings (SSSR count). The molecule has 0 bridgehead atoms. The van der Waals surface area contributed by atoms with Gasteiger partial charge in [-0.3, -0.25) is 9.78 Å². The fourth-order valence-electron chi connectivity index (χ4n) is 1.94.